The van der Waals surface area contributed by atoms with Crippen LogP contribution in [0.2, 0.25) is 0 Å². The van der Waals surface area contributed by atoms with E-state index in [1.165, 1.54) is 12.8 Å². The molecule has 0 saturated carbocycles. The molecule has 2 heteroatoms. The van der Waals surface area contributed by atoms with Gasteiger partial charge in [0, 0.05) is 12.0 Å². The Balaban J connectivity index is 2.77. The summed E-state index contributed by atoms with van der Waals surface area (Å²) in [6.45, 7) is 2.35. The SMILES string of the molecule is C[C@H](Cl)CCCCCCO. The van der Waals surface area contributed by atoms with Gasteiger partial charge >= 0.3 is 0 Å². The molecule has 0 radical (unpaired) electrons. The predicted molar refractivity (Wildman–Crippen MR) is 45.5 cm³/mol. The zero-order valence-corrected chi connectivity index (χ0v) is 7.40. The molecular formula is C8H17ClO. The molecule has 1 atom stereocenters. The van der Waals surface area contributed by atoms with Crippen molar-refractivity contribution in [1.82, 2.24) is 0 Å². The molecule has 0 spiro atoms. The molecule has 0 aromatic carbocycles. The minimum atomic E-state index is 0.314. The van der Waals surface area contributed by atoms with Crippen LogP contribution in [0.25, 0.3) is 0 Å². The first kappa shape index (κ1) is 10.2. The number of alkyl halides is 1. The van der Waals surface area contributed by atoms with E-state index in [0.717, 1.165) is 19.3 Å². The van der Waals surface area contributed by atoms with Gasteiger partial charge in [-0.1, -0.05) is 19.3 Å². The standard InChI is InChI=1S/C8H17ClO/c1-8(9)6-4-2-3-5-7-10/h8,10H,2-7H2,1H3/t8-/m0/s1. The molecule has 0 bridgehead atoms. The number of rotatable bonds is 6. The van der Waals surface area contributed by atoms with Crippen LogP contribution >= 0.6 is 11.6 Å². The first-order valence-corrected chi connectivity index (χ1v) is 4.46. The lowest BCUT2D eigenvalue weighted by atomic mass is 10.1. The second-order valence-corrected chi connectivity index (χ2v) is 3.45. The summed E-state index contributed by atoms with van der Waals surface area (Å²) in [6, 6.07) is 0. The van der Waals surface area contributed by atoms with Gasteiger partial charge in [0.2, 0.25) is 0 Å². The molecule has 0 aliphatic carbocycles. The van der Waals surface area contributed by atoms with Gasteiger partial charge in [0.15, 0.2) is 0 Å². The average molecular weight is 165 g/mol. The summed E-state index contributed by atoms with van der Waals surface area (Å²) >= 11 is 5.74. The van der Waals surface area contributed by atoms with Crippen molar-refractivity contribution in [1.29, 1.82) is 0 Å². The van der Waals surface area contributed by atoms with E-state index in [2.05, 4.69) is 0 Å². The van der Waals surface area contributed by atoms with Crippen LogP contribution in [-0.4, -0.2) is 17.1 Å². The molecule has 1 N–H and O–H groups in total. The van der Waals surface area contributed by atoms with E-state index in [-0.39, 0.29) is 0 Å². The molecule has 0 unspecified atom stereocenters. The van der Waals surface area contributed by atoms with Gasteiger partial charge < -0.3 is 5.11 Å². The maximum absolute atomic E-state index is 8.45. The molecule has 62 valence electrons. The predicted octanol–water partition coefficient (Wildman–Crippen LogP) is 2.56. The molecule has 0 saturated heterocycles. The molecule has 0 heterocycles. The Kier molecular flexibility index (Phi) is 7.54. The lowest BCUT2D eigenvalue weighted by Crippen LogP contribution is -1.90. The largest absolute Gasteiger partial charge is 0.396 e. The lowest BCUT2D eigenvalue weighted by Gasteiger charge is -2.00. The highest BCUT2D eigenvalue weighted by Gasteiger charge is 1.94. The van der Waals surface area contributed by atoms with Gasteiger partial charge in [0.05, 0.1) is 0 Å². The average Bonchev–Trinajstić information content (AvgIpc) is 1.87. The van der Waals surface area contributed by atoms with Crippen molar-refractivity contribution in [2.75, 3.05) is 6.61 Å². The highest BCUT2D eigenvalue weighted by Crippen LogP contribution is 2.08. The van der Waals surface area contributed by atoms with E-state index in [1.54, 1.807) is 0 Å². The van der Waals surface area contributed by atoms with Crippen LogP contribution in [-0.2, 0) is 0 Å². The normalized spacial score (nSPS) is 13.5. The highest BCUT2D eigenvalue weighted by atomic mass is 35.5. The summed E-state index contributed by atoms with van der Waals surface area (Å²) in [6.07, 6.45) is 5.59. The smallest absolute Gasteiger partial charge is 0.0431 e. The molecule has 0 aromatic rings. The van der Waals surface area contributed by atoms with E-state index in [9.17, 15) is 0 Å². The molecule has 0 aliphatic rings. The Bertz CT molecular complexity index is 64.3. The Labute approximate surface area is 68.4 Å². The fraction of sp³-hybridized carbons (Fsp3) is 1.00. The molecule has 0 fully saturated rings. The minimum absolute atomic E-state index is 0.314. The number of aliphatic hydroxyl groups is 1. The second-order valence-electron chi connectivity index (χ2n) is 2.71. The summed E-state index contributed by atoms with van der Waals surface area (Å²) in [4.78, 5) is 0. The van der Waals surface area contributed by atoms with E-state index < -0.39 is 0 Å². The molecule has 10 heavy (non-hydrogen) atoms. The van der Waals surface area contributed by atoms with Gasteiger partial charge in [-0.2, -0.15) is 0 Å². The number of hydrogen-bond donors (Lipinski definition) is 1. The number of aliphatic hydroxyl groups excluding tert-OH is 1. The van der Waals surface area contributed by atoms with Gasteiger partial charge in [-0.25, -0.2) is 0 Å². The third-order valence-corrected chi connectivity index (χ3v) is 1.73. The van der Waals surface area contributed by atoms with E-state index in [0.29, 0.717) is 12.0 Å². The third-order valence-electron chi connectivity index (χ3n) is 1.51. The second kappa shape index (κ2) is 7.36. The van der Waals surface area contributed by atoms with Gasteiger partial charge in [-0.05, 0) is 19.8 Å². The summed E-state index contributed by atoms with van der Waals surface area (Å²) < 4.78 is 0. The zero-order chi connectivity index (χ0) is 7.82. The maximum atomic E-state index is 8.45. The lowest BCUT2D eigenvalue weighted by molar-refractivity contribution is 0.282. The molecule has 0 rings (SSSR count). The summed E-state index contributed by atoms with van der Waals surface area (Å²) in [5.74, 6) is 0. The molecule has 1 nitrogen and oxygen atoms in total. The Hall–Kier alpha value is 0.250. The highest BCUT2D eigenvalue weighted by molar-refractivity contribution is 6.20. The monoisotopic (exact) mass is 164 g/mol. The first-order valence-electron chi connectivity index (χ1n) is 4.02. The fourth-order valence-corrected chi connectivity index (χ4v) is 1.05. The summed E-state index contributed by atoms with van der Waals surface area (Å²) in [5.41, 5.74) is 0. The summed E-state index contributed by atoms with van der Waals surface area (Å²) in [7, 11) is 0. The van der Waals surface area contributed by atoms with Crippen LogP contribution in [0.4, 0.5) is 0 Å². The van der Waals surface area contributed by atoms with Crippen molar-refractivity contribution in [3.8, 4) is 0 Å². The van der Waals surface area contributed by atoms with Crippen LogP contribution in [0, 0.1) is 0 Å². The van der Waals surface area contributed by atoms with Crippen LogP contribution in [0.1, 0.15) is 39.0 Å². The Morgan fingerprint density at radius 1 is 1.20 bits per heavy atom. The van der Waals surface area contributed by atoms with Crippen molar-refractivity contribution in [2.24, 2.45) is 0 Å². The van der Waals surface area contributed by atoms with Crippen LogP contribution < -0.4 is 0 Å². The number of unbranched alkanes of at least 4 members (excludes halogenated alkanes) is 3. The zero-order valence-electron chi connectivity index (χ0n) is 6.65. The molecule has 0 aromatic heterocycles. The van der Waals surface area contributed by atoms with E-state index in [4.69, 9.17) is 16.7 Å². The van der Waals surface area contributed by atoms with Gasteiger partial charge in [0.25, 0.3) is 0 Å². The quantitative estimate of drug-likeness (QED) is 0.473. The number of hydrogen-bond acceptors (Lipinski definition) is 1. The van der Waals surface area contributed by atoms with Crippen LogP contribution in [0.3, 0.4) is 0 Å². The van der Waals surface area contributed by atoms with E-state index in [1.807, 2.05) is 6.92 Å². The third kappa shape index (κ3) is 8.25. The number of halogens is 1. The Morgan fingerprint density at radius 2 is 1.80 bits per heavy atom. The maximum Gasteiger partial charge on any atom is 0.0431 e. The first-order chi connectivity index (χ1) is 4.77. The molecular weight excluding hydrogens is 148 g/mol. The fourth-order valence-electron chi connectivity index (χ4n) is 0.891. The van der Waals surface area contributed by atoms with Gasteiger partial charge in [0.1, 0.15) is 0 Å². The van der Waals surface area contributed by atoms with Crippen molar-refractivity contribution in [3.05, 3.63) is 0 Å². The topological polar surface area (TPSA) is 20.2 Å². The van der Waals surface area contributed by atoms with E-state index >= 15 is 0 Å². The molecule has 0 amide bonds. The van der Waals surface area contributed by atoms with Crippen molar-refractivity contribution in [2.45, 2.75) is 44.4 Å². The minimum Gasteiger partial charge on any atom is -0.396 e. The van der Waals surface area contributed by atoms with Crippen LogP contribution in [0.5, 0.6) is 0 Å². The van der Waals surface area contributed by atoms with Crippen molar-refractivity contribution in [3.63, 3.8) is 0 Å². The van der Waals surface area contributed by atoms with Gasteiger partial charge in [-0.15, -0.1) is 11.6 Å². The summed E-state index contributed by atoms with van der Waals surface area (Å²) in [5, 5.41) is 8.76. The van der Waals surface area contributed by atoms with Crippen molar-refractivity contribution < 1.29 is 5.11 Å². The Morgan fingerprint density at radius 3 is 2.30 bits per heavy atom. The van der Waals surface area contributed by atoms with Crippen LogP contribution in [0.15, 0.2) is 0 Å². The van der Waals surface area contributed by atoms with Gasteiger partial charge in [-0.3, -0.25) is 0 Å². The van der Waals surface area contributed by atoms with Crippen molar-refractivity contribution >= 4 is 11.6 Å². The molecule has 0 aliphatic heterocycles.